The Morgan fingerprint density at radius 3 is 2.58 bits per heavy atom. The molecular weight excluding hydrogens is 469 g/mol. The second-order valence-electron chi connectivity index (χ2n) is 10.2. The topological polar surface area (TPSA) is 91.6 Å². The summed E-state index contributed by atoms with van der Waals surface area (Å²) in [4.78, 5) is 13.6. The molecule has 0 saturated carbocycles. The van der Waals surface area contributed by atoms with E-state index in [1.165, 1.54) is 0 Å². The highest BCUT2D eigenvalue weighted by molar-refractivity contribution is 6.00. The Labute approximate surface area is 207 Å². The largest absolute Gasteiger partial charge is 0.435 e. The lowest BCUT2D eigenvalue weighted by Gasteiger charge is -2.48. The number of halogens is 3. The maximum absolute atomic E-state index is 14.2. The first kappa shape index (κ1) is 24.1. The van der Waals surface area contributed by atoms with Crippen LogP contribution in [-0.2, 0) is 10.2 Å². The Morgan fingerprint density at radius 2 is 1.89 bits per heavy atom. The Morgan fingerprint density at radius 1 is 1.14 bits per heavy atom. The molecule has 0 bridgehead atoms. The van der Waals surface area contributed by atoms with Crippen molar-refractivity contribution >= 4 is 5.91 Å². The zero-order chi connectivity index (χ0) is 26.0. The van der Waals surface area contributed by atoms with Crippen molar-refractivity contribution in [3.05, 3.63) is 69.8 Å². The van der Waals surface area contributed by atoms with Crippen molar-refractivity contribution in [2.45, 2.75) is 70.8 Å². The summed E-state index contributed by atoms with van der Waals surface area (Å²) in [5.74, 6) is -0.391. The molecule has 0 fully saturated rings. The average Bonchev–Trinajstić information content (AvgIpc) is 3.23. The predicted molar refractivity (Wildman–Crippen MR) is 128 cm³/mol. The van der Waals surface area contributed by atoms with Gasteiger partial charge in [0.2, 0.25) is 0 Å². The number of carbonyl (C=O) groups excluding carboxylic acids is 1. The number of nitrogens with zero attached hydrogens (tertiary/aromatic N) is 4. The van der Waals surface area contributed by atoms with Gasteiger partial charge in [-0.15, -0.1) is 5.11 Å². The second kappa shape index (κ2) is 7.97. The van der Waals surface area contributed by atoms with Gasteiger partial charge in [0.05, 0.1) is 22.4 Å². The second-order valence-corrected chi connectivity index (χ2v) is 10.2. The monoisotopic (exact) mass is 496 g/mol. The van der Waals surface area contributed by atoms with Crippen LogP contribution in [0.4, 0.5) is 13.2 Å². The van der Waals surface area contributed by atoms with E-state index in [1.54, 1.807) is 19.1 Å². The molecule has 4 heterocycles. The molecular formula is C26H27F3N6O. The highest BCUT2D eigenvalue weighted by Gasteiger charge is 2.57. The van der Waals surface area contributed by atoms with Gasteiger partial charge in [0.1, 0.15) is 0 Å². The minimum Gasteiger partial charge on any atom is -0.362 e. The van der Waals surface area contributed by atoms with Crippen molar-refractivity contribution in [2.24, 2.45) is 10.2 Å². The molecule has 2 N–H and O–H groups in total. The minimum absolute atomic E-state index is 0.0380. The molecule has 3 aliphatic heterocycles. The number of nitrogens with one attached hydrogen (secondary N) is 2. The van der Waals surface area contributed by atoms with E-state index in [1.807, 2.05) is 45.9 Å². The Balaban J connectivity index is 1.83. The number of aromatic nitrogens is 2. The van der Waals surface area contributed by atoms with Gasteiger partial charge in [-0.2, -0.15) is 28.5 Å². The summed E-state index contributed by atoms with van der Waals surface area (Å²) in [7, 11) is 0. The normalized spacial score (nSPS) is 24.9. The van der Waals surface area contributed by atoms with E-state index in [2.05, 4.69) is 31.1 Å². The Bertz CT molecular complexity index is 1370. The van der Waals surface area contributed by atoms with Gasteiger partial charge in [-0.25, -0.2) is 0 Å². The van der Waals surface area contributed by atoms with Gasteiger partial charge in [0.25, 0.3) is 5.91 Å². The lowest BCUT2D eigenvalue weighted by atomic mass is 9.61. The summed E-state index contributed by atoms with van der Waals surface area (Å²) in [5, 5.41) is 22.0. The fraction of sp³-hybridized carbons (Fsp3) is 0.423. The zero-order valence-electron chi connectivity index (χ0n) is 20.7. The summed E-state index contributed by atoms with van der Waals surface area (Å²) >= 11 is 0. The van der Waals surface area contributed by atoms with Gasteiger partial charge < -0.3 is 10.6 Å². The van der Waals surface area contributed by atoms with E-state index in [0.717, 1.165) is 16.8 Å². The summed E-state index contributed by atoms with van der Waals surface area (Å²) < 4.78 is 42.7. The highest BCUT2D eigenvalue weighted by atomic mass is 19.4. The number of amides is 1. The van der Waals surface area contributed by atoms with E-state index >= 15 is 0 Å². The van der Waals surface area contributed by atoms with Gasteiger partial charge >= 0.3 is 6.18 Å². The highest BCUT2D eigenvalue weighted by Crippen LogP contribution is 2.55. The van der Waals surface area contributed by atoms with Crippen LogP contribution in [0.15, 0.2) is 63.1 Å². The number of aryl methyl sites for hydroxylation is 2. The van der Waals surface area contributed by atoms with Crippen LogP contribution in [0, 0.1) is 13.8 Å². The lowest BCUT2D eigenvalue weighted by Crippen LogP contribution is -2.58. The molecule has 3 aliphatic rings. The van der Waals surface area contributed by atoms with E-state index < -0.39 is 34.9 Å². The van der Waals surface area contributed by atoms with Crippen LogP contribution in [0.5, 0.6) is 0 Å². The van der Waals surface area contributed by atoms with Crippen LogP contribution in [0.2, 0.25) is 0 Å². The SMILES string of the molecule is CCC1(c2cccc(-c3cc(C)nnc3C)c2)C2=C(CC(C)(C)NC2=O)NC2N=NC(C(F)(F)F)=C21. The van der Waals surface area contributed by atoms with Crippen molar-refractivity contribution in [3.8, 4) is 11.1 Å². The lowest BCUT2D eigenvalue weighted by molar-refractivity contribution is -0.120. The maximum atomic E-state index is 14.2. The van der Waals surface area contributed by atoms with Gasteiger partial charge in [-0.1, -0.05) is 25.1 Å². The van der Waals surface area contributed by atoms with Crippen molar-refractivity contribution in [2.75, 3.05) is 0 Å². The fourth-order valence-corrected chi connectivity index (χ4v) is 5.72. The van der Waals surface area contributed by atoms with Crippen LogP contribution in [0.3, 0.4) is 0 Å². The summed E-state index contributed by atoms with van der Waals surface area (Å²) in [6.45, 7) is 9.23. The van der Waals surface area contributed by atoms with Gasteiger partial charge in [0, 0.05) is 28.8 Å². The number of benzene rings is 1. The minimum atomic E-state index is -4.72. The number of alkyl halides is 3. The number of rotatable bonds is 3. The van der Waals surface area contributed by atoms with E-state index in [-0.39, 0.29) is 12.0 Å². The van der Waals surface area contributed by atoms with Gasteiger partial charge in [-0.05, 0) is 57.4 Å². The third kappa shape index (κ3) is 3.61. The summed E-state index contributed by atoms with van der Waals surface area (Å²) in [5.41, 5.74) is 1.48. The van der Waals surface area contributed by atoms with Gasteiger partial charge in [0.15, 0.2) is 11.9 Å². The number of azo groups is 1. The number of hydrogen-bond acceptors (Lipinski definition) is 6. The molecule has 188 valence electrons. The molecule has 2 unspecified atom stereocenters. The van der Waals surface area contributed by atoms with Crippen LogP contribution in [-0.4, -0.2) is 34.0 Å². The molecule has 2 atom stereocenters. The van der Waals surface area contributed by atoms with Crippen LogP contribution in [0.25, 0.3) is 11.1 Å². The molecule has 1 aromatic carbocycles. The molecule has 1 amide bonds. The van der Waals surface area contributed by atoms with E-state index in [0.29, 0.717) is 28.9 Å². The van der Waals surface area contributed by atoms with Crippen LogP contribution in [0.1, 0.15) is 50.6 Å². The third-order valence-electron chi connectivity index (χ3n) is 7.16. The van der Waals surface area contributed by atoms with Crippen molar-refractivity contribution in [3.63, 3.8) is 0 Å². The molecule has 36 heavy (non-hydrogen) atoms. The molecule has 0 radical (unpaired) electrons. The molecule has 0 aliphatic carbocycles. The first-order valence-electron chi connectivity index (χ1n) is 11.8. The summed E-state index contributed by atoms with van der Waals surface area (Å²) in [6.07, 6.45) is -5.08. The Hall–Kier alpha value is -3.56. The molecule has 0 saturated heterocycles. The maximum Gasteiger partial charge on any atom is 0.435 e. The molecule has 5 rings (SSSR count). The van der Waals surface area contributed by atoms with E-state index in [9.17, 15) is 18.0 Å². The predicted octanol–water partition coefficient (Wildman–Crippen LogP) is 5.17. The van der Waals surface area contributed by atoms with Gasteiger partial charge in [-0.3, -0.25) is 4.79 Å². The number of carbonyl (C=O) groups is 1. The molecule has 2 aromatic rings. The van der Waals surface area contributed by atoms with Crippen molar-refractivity contribution in [1.29, 1.82) is 0 Å². The van der Waals surface area contributed by atoms with Crippen LogP contribution < -0.4 is 10.6 Å². The average molecular weight is 497 g/mol. The molecule has 1 aromatic heterocycles. The quantitative estimate of drug-likeness (QED) is 0.613. The Kier molecular flexibility index (Phi) is 5.35. The first-order valence-corrected chi connectivity index (χ1v) is 11.8. The van der Waals surface area contributed by atoms with Crippen molar-refractivity contribution < 1.29 is 18.0 Å². The fourth-order valence-electron chi connectivity index (χ4n) is 5.72. The zero-order valence-corrected chi connectivity index (χ0v) is 20.7. The first-order chi connectivity index (χ1) is 16.9. The molecule has 0 spiro atoms. The summed E-state index contributed by atoms with van der Waals surface area (Å²) in [6, 6.07) is 9.22. The number of hydrogen-bond donors (Lipinski definition) is 2. The number of allylic oxidation sites excluding steroid dienone is 1. The number of fused-ring (bicyclic) bond motifs is 1. The molecule has 10 heteroatoms. The smallest absolute Gasteiger partial charge is 0.362 e. The van der Waals surface area contributed by atoms with E-state index in [4.69, 9.17) is 0 Å². The molecule has 7 nitrogen and oxygen atoms in total. The van der Waals surface area contributed by atoms with Crippen LogP contribution >= 0.6 is 0 Å². The standard InChI is InChI=1S/C26H27F3N6O/c1-6-25(16-9-7-8-15(11-16)17-10-13(2)32-33-14(17)3)19-18(12-24(4,5)31-23(19)36)30-22-20(25)21(34-35-22)26(27,28)29/h7-11,22,30H,6,12H2,1-5H3,(H,31,36). The van der Waals surface area contributed by atoms with Crippen molar-refractivity contribution in [1.82, 2.24) is 20.8 Å². The third-order valence-corrected chi connectivity index (χ3v) is 7.16.